The number of aliphatic hydroxyl groups excluding tert-OH is 1. The van der Waals surface area contributed by atoms with E-state index >= 15 is 0 Å². The summed E-state index contributed by atoms with van der Waals surface area (Å²) in [7, 11) is 1.59. The maximum Gasteiger partial charge on any atom is 0.166 e. The molecular formula is C18H22ClNO3. The molecule has 0 fully saturated rings. The molecule has 2 aromatic carbocycles. The molecule has 0 aliphatic carbocycles. The van der Waals surface area contributed by atoms with Gasteiger partial charge in [0.1, 0.15) is 6.61 Å². The topological polar surface area (TPSA) is 50.7 Å². The predicted molar refractivity (Wildman–Crippen MR) is 92.2 cm³/mol. The minimum Gasteiger partial charge on any atom is -0.493 e. The Morgan fingerprint density at radius 1 is 1.22 bits per heavy atom. The number of rotatable bonds is 8. The average Bonchev–Trinajstić information content (AvgIpc) is 2.54. The van der Waals surface area contributed by atoms with Gasteiger partial charge in [-0.25, -0.2) is 0 Å². The van der Waals surface area contributed by atoms with Crippen LogP contribution in [0.2, 0.25) is 5.02 Å². The highest BCUT2D eigenvalue weighted by Crippen LogP contribution is 2.35. The molecule has 2 N–H and O–H groups in total. The molecule has 0 unspecified atom stereocenters. The first kappa shape index (κ1) is 17.6. The van der Waals surface area contributed by atoms with E-state index in [-0.39, 0.29) is 0 Å². The molecule has 0 bridgehead atoms. The Balaban J connectivity index is 2.16. The van der Waals surface area contributed by atoms with E-state index in [9.17, 15) is 5.11 Å². The number of nitrogens with one attached hydrogen (secondary N) is 1. The van der Waals surface area contributed by atoms with E-state index in [2.05, 4.69) is 5.32 Å². The van der Waals surface area contributed by atoms with Gasteiger partial charge in [0, 0.05) is 29.7 Å². The van der Waals surface area contributed by atoms with E-state index in [0.717, 1.165) is 11.1 Å². The summed E-state index contributed by atoms with van der Waals surface area (Å²) in [6.07, 6.45) is -0.412. The van der Waals surface area contributed by atoms with E-state index in [1.54, 1.807) is 20.1 Å². The largest absolute Gasteiger partial charge is 0.493 e. The third-order valence-electron chi connectivity index (χ3n) is 3.30. The molecule has 0 aliphatic heterocycles. The second-order valence-electron chi connectivity index (χ2n) is 5.35. The second kappa shape index (κ2) is 8.77. The fraction of sp³-hybridized carbons (Fsp3) is 0.333. The van der Waals surface area contributed by atoms with Crippen LogP contribution in [0, 0.1) is 0 Å². The number of hydrogen-bond donors (Lipinski definition) is 2. The lowest BCUT2D eigenvalue weighted by atomic mass is 10.1. The van der Waals surface area contributed by atoms with Crippen LogP contribution in [0.15, 0.2) is 42.5 Å². The summed E-state index contributed by atoms with van der Waals surface area (Å²) in [5.41, 5.74) is 1.97. The molecule has 1 atom stereocenters. The third kappa shape index (κ3) is 5.43. The van der Waals surface area contributed by atoms with Crippen LogP contribution in [0.5, 0.6) is 11.5 Å². The standard InChI is InChI=1S/C18H22ClNO3/c1-13(21)10-20-11-15-8-16(19)9-17(22-2)18(15)23-12-14-6-4-3-5-7-14/h3-9,13,20-21H,10-12H2,1-2H3/t13-/m0/s1. The summed E-state index contributed by atoms with van der Waals surface area (Å²) < 4.78 is 11.4. The maximum atomic E-state index is 9.36. The number of hydrogen-bond acceptors (Lipinski definition) is 4. The number of halogens is 1. The first-order chi connectivity index (χ1) is 11.1. The van der Waals surface area contributed by atoms with Crippen LogP contribution < -0.4 is 14.8 Å². The first-order valence-electron chi connectivity index (χ1n) is 7.52. The molecule has 5 heteroatoms. The third-order valence-corrected chi connectivity index (χ3v) is 3.52. The highest BCUT2D eigenvalue weighted by atomic mass is 35.5. The quantitative estimate of drug-likeness (QED) is 0.776. The van der Waals surface area contributed by atoms with Crippen LogP contribution in [0.4, 0.5) is 0 Å². The van der Waals surface area contributed by atoms with Crippen LogP contribution in [0.3, 0.4) is 0 Å². The number of benzene rings is 2. The summed E-state index contributed by atoms with van der Waals surface area (Å²) in [6.45, 7) is 3.21. The smallest absolute Gasteiger partial charge is 0.166 e. The monoisotopic (exact) mass is 335 g/mol. The Kier molecular flexibility index (Phi) is 6.71. The van der Waals surface area contributed by atoms with E-state index in [4.69, 9.17) is 21.1 Å². The van der Waals surface area contributed by atoms with Crippen LogP contribution in [-0.2, 0) is 13.2 Å². The molecule has 0 saturated heterocycles. The molecule has 23 heavy (non-hydrogen) atoms. The van der Waals surface area contributed by atoms with Crippen molar-refractivity contribution in [3.05, 3.63) is 58.6 Å². The Hall–Kier alpha value is -1.75. The summed E-state index contributed by atoms with van der Waals surface area (Å²) in [5.74, 6) is 1.26. The highest BCUT2D eigenvalue weighted by molar-refractivity contribution is 6.30. The normalized spacial score (nSPS) is 12.0. The zero-order valence-electron chi connectivity index (χ0n) is 13.4. The van der Waals surface area contributed by atoms with E-state index < -0.39 is 6.10 Å². The lowest BCUT2D eigenvalue weighted by molar-refractivity contribution is 0.190. The fourth-order valence-corrected chi connectivity index (χ4v) is 2.45. The predicted octanol–water partition coefficient (Wildman–Crippen LogP) is 3.40. The van der Waals surface area contributed by atoms with Crippen LogP contribution in [-0.4, -0.2) is 24.9 Å². The van der Waals surface area contributed by atoms with Gasteiger partial charge < -0.3 is 19.9 Å². The summed E-state index contributed by atoms with van der Waals surface area (Å²) in [4.78, 5) is 0. The number of methoxy groups -OCH3 is 1. The zero-order valence-corrected chi connectivity index (χ0v) is 14.1. The lowest BCUT2D eigenvalue weighted by Crippen LogP contribution is -2.24. The molecule has 0 saturated carbocycles. The van der Waals surface area contributed by atoms with Gasteiger partial charge in [-0.1, -0.05) is 41.9 Å². The molecule has 4 nitrogen and oxygen atoms in total. The van der Waals surface area contributed by atoms with Crippen molar-refractivity contribution < 1.29 is 14.6 Å². The lowest BCUT2D eigenvalue weighted by Gasteiger charge is -2.17. The van der Waals surface area contributed by atoms with Gasteiger partial charge in [0.2, 0.25) is 0 Å². The molecule has 2 aromatic rings. The molecule has 0 aliphatic rings. The van der Waals surface area contributed by atoms with E-state index in [1.807, 2.05) is 36.4 Å². The second-order valence-corrected chi connectivity index (χ2v) is 5.79. The van der Waals surface area contributed by atoms with Crippen molar-refractivity contribution in [3.8, 4) is 11.5 Å². The van der Waals surface area contributed by atoms with Gasteiger partial charge in [-0.05, 0) is 18.6 Å². The Labute approximate surface area is 142 Å². The van der Waals surface area contributed by atoms with Gasteiger partial charge in [0.15, 0.2) is 11.5 Å². The van der Waals surface area contributed by atoms with Crippen molar-refractivity contribution >= 4 is 11.6 Å². The van der Waals surface area contributed by atoms with Gasteiger partial charge in [0.05, 0.1) is 13.2 Å². The number of aliphatic hydroxyl groups is 1. The molecule has 2 rings (SSSR count). The Morgan fingerprint density at radius 2 is 1.96 bits per heavy atom. The summed E-state index contributed by atoms with van der Waals surface area (Å²) in [6, 6.07) is 13.5. The van der Waals surface area contributed by atoms with Crippen LogP contribution >= 0.6 is 11.6 Å². The van der Waals surface area contributed by atoms with Gasteiger partial charge >= 0.3 is 0 Å². The average molecular weight is 336 g/mol. The maximum absolute atomic E-state index is 9.36. The van der Waals surface area contributed by atoms with Crippen molar-refractivity contribution in [2.45, 2.75) is 26.2 Å². The van der Waals surface area contributed by atoms with Gasteiger partial charge in [-0.3, -0.25) is 0 Å². The molecule has 0 heterocycles. The fourth-order valence-electron chi connectivity index (χ4n) is 2.21. The SMILES string of the molecule is COc1cc(Cl)cc(CNC[C@H](C)O)c1OCc1ccccc1. The van der Waals surface area contributed by atoms with E-state index in [1.165, 1.54) is 0 Å². The molecule has 0 radical (unpaired) electrons. The van der Waals surface area contributed by atoms with Crippen LogP contribution in [0.25, 0.3) is 0 Å². The van der Waals surface area contributed by atoms with Gasteiger partial charge in [0.25, 0.3) is 0 Å². The zero-order chi connectivity index (χ0) is 16.7. The van der Waals surface area contributed by atoms with Crippen LogP contribution in [0.1, 0.15) is 18.1 Å². The van der Waals surface area contributed by atoms with Crippen molar-refractivity contribution in [2.75, 3.05) is 13.7 Å². The highest BCUT2D eigenvalue weighted by Gasteiger charge is 2.13. The van der Waals surface area contributed by atoms with Gasteiger partial charge in [-0.15, -0.1) is 0 Å². The molecule has 0 aromatic heterocycles. The van der Waals surface area contributed by atoms with Gasteiger partial charge in [-0.2, -0.15) is 0 Å². The van der Waals surface area contributed by atoms with Crippen molar-refractivity contribution in [3.63, 3.8) is 0 Å². The number of ether oxygens (including phenoxy) is 2. The molecule has 0 spiro atoms. The molecule has 124 valence electrons. The first-order valence-corrected chi connectivity index (χ1v) is 7.90. The Morgan fingerprint density at radius 3 is 2.61 bits per heavy atom. The van der Waals surface area contributed by atoms with E-state index in [0.29, 0.717) is 36.2 Å². The minimum atomic E-state index is -0.412. The Bertz CT molecular complexity index is 617. The van der Waals surface area contributed by atoms with Crippen molar-refractivity contribution in [2.24, 2.45) is 0 Å². The summed E-state index contributed by atoms with van der Waals surface area (Å²) in [5, 5.41) is 13.1. The molecule has 0 amide bonds. The van der Waals surface area contributed by atoms with Crippen molar-refractivity contribution in [1.82, 2.24) is 5.32 Å². The summed E-state index contributed by atoms with van der Waals surface area (Å²) >= 11 is 6.15. The van der Waals surface area contributed by atoms with Crippen molar-refractivity contribution in [1.29, 1.82) is 0 Å². The molecular weight excluding hydrogens is 314 g/mol. The minimum absolute atomic E-state index is 0.412.